The smallest absolute Gasteiger partial charge is 0.339 e. The number of piperidine rings is 1. The van der Waals surface area contributed by atoms with Crippen molar-refractivity contribution in [3.63, 3.8) is 0 Å². The molecule has 0 aliphatic carbocycles. The molecule has 9 heteroatoms. The van der Waals surface area contributed by atoms with Gasteiger partial charge in [0.25, 0.3) is 5.91 Å². The van der Waals surface area contributed by atoms with Gasteiger partial charge in [0, 0.05) is 28.6 Å². The maximum atomic E-state index is 12.7. The Morgan fingerprint density at radius 1 is 1.21 bits per heavy atom. The molecule has 0 saturated carbocycles. The fourth-order valence-corrected chi connectivity index (χ4v) is 2.72. The van der Waals surface area contributed by atoms with Crippen molar-refractivity contribution in [2.24, 2.45) is 5.92 Å². The van der Waals surface area contributed by atoms with Gasteiger partial charge in [0.15, 0.2) is 0 Å². The van der Waals surface area contributed by atoms with Crippen molar-refractivity contribution in [3.8, 4) is 0 Å². The van der Waals surface area contributed by atoms with Crippen LogP contribution in [0.25, 0.3) is 0 Å². The van der Waals surface area contributed by atoms with Crippen LogP contribution in [0.15, 0.2) is 42.6 Å². The van der Waals surface area contributed by atoms with Crippen LogP contribution in [0.4, 0.5) is 18.9 Å². The number of pyridine rings is 1. The van der Waals surface area contributed by atoms with Gasteiger partial charge in [0.05, 0.1) is 17.4 Å². The molecule has 3 rings (SSSR count). The minimum absolute atomic E-state index is 0.00685. The van der Waals surface area contributed by atoms with Crippen molar-refractivity contribution < 1.29 is 26.9 Å². The van der Waals surface area contributed by atoms with Crippen LogP contribution in [0.3, 0.4) is 0 Å². The Kier molecular flexibility index (Phi) is 4.78. The summed E-state index contributed by atoms with van der Waals surface area (Å²) in [4.78, 5) is 29.9. The lowest BCUT2D eigenvalue weighted by Gasteiger charge is -2.31. The Labute approximate surface area is 168 Å². The summed E-state index contributed by atoms with van der Waals surface area (Å²) < 4.78 is 62.9. The number of alkyl halides is 3. The number of aromatic nitrogens is 1. The molecule has 2 aromatic rings. The van der Waals surface area contributed by atoms with Gasteiger partial charge < -0.3 is 10.2 Å². The number of carbonyl (C=O) groups excluding carboxylic acids is 2. The number of nitrogens with zero attached hydrogens (tertiary/aromatic N) is 2. The Bertz CT molecular complexity index is 972. The first-order chi connectivity index (χ1) is 14.4. The van der Waals surface area contributed by atoms with Crippen LogP contribution in [0.1, 0.15) is 32.9 Å². The molecule has 1 aliphatic heterocycles. The molecule has 1 saturated heterocycles. The predicted octanol–water partition coefficient (Wildman–Crippen LogP) is 4.24. The molecule has 2 heterocycles. The molecule has 2 amide bonds. The average Bonchev–Trinajstić information content (AvgIpc) is 2.70. The second-order valence-corrected chi connectivity index (χ2v) is 6.47. The van der Waals surface area contributed by atoms with Crippen molar-refractivity contribution in [3.05, 3.63) is 58.9 Å². The highest BCUT2D eigenvalue weighted by Crippen LogP contribution is 2.29. The molecule has 0 spiro atoms. The van der Waals surface area contributed by atoms with Crippen molar-refractivity contribution in [1.29, 1.82) is 0 Å². The second kappa shape index (κ2) is 8.18. The van der Waals surface area contributed by atoms with Crippen LogP contribution < -0.4 is 5.32 Å². The van der Waals surface area contributed by atoms with Crippen molar-refractivity contribution in [1.82, 2.24) is 9.88 Å². The van der Waals surface area contributed by atoms with E-state index in [9.17, 15) is 22.8 Å². The molecule has 1 N–H and O–H groups in total. The van der Waals surface area contributed by atoms with Gasteiger partial charge in [-0.15, -0.1) is 0 Å². The number of carbonyl (C=O) groups is 2. The maximum Gasteiger partial charge on any atom is 0.416 e. The van der Waals surface area contributed by atoms with Crippen LogP contribution in [0.5, 0.6) is 0 Å². The number of nitrogens with one attached hydrogen (secondary N) is 1. The Morgan fingerprint density at radius 3 is 2.54 bits per heavy atom. The van der Waals surface area contributed by atoms with E-state index in [-0.39, 0.29) is 23.7 Å². The number of halogens is 4. The fraction of sp³-hybridized carbons (Fsp3) is 0.316. The lowest BCUT2D eigenvalue weighted by atomic mass is 9.95. The number of hydrogen-bond donors (Lipinski definition) is 1. The molecule has 1 fully saturated rings. The lowest BCUT2D eigenvalue weighted by Crippen LogP contribution is -2.41. The Morgan fingerprint density at radius 2 is 1.93 bits per heavy atom. The summed E-state index contributed by atoms with van der Waals surface area (Å²) in [6, 6.07) is 6.37. The zero-order valence-electron chi connectivity index (χ0n) is 17.3. The number of anilines is 1. The molecular weight excluding hydrogens is 395 g/mol. The zero-order chi connectivity index (χ0) is 23.0. The Hall–Kier alpha value is -2.61. The van der Waals surface area contributed by atoms with Crippen LogP contribution in [-0.2, 0) is 11.0 Å². The molecule has 0 radical (unpaired) electrons. The molecule has 1 aromatic heterocycles. The van der Waals surface area contributed by atoms with Gasteiger partial charge in [0.1, 0.15) is 5.15 Å². The summed E-state index contributed by atoms with van der Waals surface area (Å²) >= 11 is 5.69. The average molecular weight is 415 g/mol. The van der Waals surface area contributed by atoms with E-state index in [0.717, 1.165) is 29.2 Å². The van der Waals surface area contributed by atoms with E-state index in [2.05, 4.69) is 10.3 Å². The van der Waals surface area contributed by atoms with E-state index in [1.165, 1.54) is 18.3 Å². The first-order valence-electron chi connectivity index (χ1n) is 9.83. The molecule has 0 bridgehead atoms. The lowest BCUT2D eigenvalue weighted by molar-refractivity contribution is -0.137. The van der Waals surface area contributed by atoms with E-state index in [1.54, 1.807) is 0 Å². The molecule has 2 unspecified atom stereocenters. The zero-order valence-corrected chi connectivity index (χ0v) is 15.1. The van der Waals surface area contributed by atoms with E-state index in [4.69, 9.17) is 15.7 Å². The molecular formula is C19H17ClF3N3O2. The molecule has 148 valence electrons. The standard InChI is InChI=1S/C19H17ClF3N3O2/c20-16-6-5-15(11-24-16)25-17(27)12-7-9-26(10-8-12)18(28)13-1-3-14(4-2-13)19(21,22)23/h1-6,11-12H,7-10H2,(H,25,27)/i7D,9D2. The number of benzene rings is 1. The quantitative estimate of drug-likeness (QED) is 0.764. The second-order valence-electron chi connectivity index (χ2n) is 6.08. The number of hydrogen-bond acceptors (Lipinski definition) is 3. The third kappa shape index (κ3) is 4.81. The molecule has 5 nitrogen and oxygen atoms in total. The normalized spacial score (nSPS) is 23.3. The van der Waals surface area contributed by atoms with Gasteiger partial charge in [-0.2, -0.15) is 13.2 Å². The highest BCUT2D eigenvalue weighted by Gasteiger charge is 2.31. The third-order valence-electron chi connectivity index (χ3n) is 4.13. The predicted molar refractivity (Wildman–Crippen MR) is 97.9 cm³/mol. The SMILES string of the molecule is [2H]C1C(C(=O)Nc2ccc(Cl)nc2)CCN(C(=O)c2ccc(C(F)(F)F)cc2)C1([2H])[2H]. The highest BCUT2D eigenvalue weighted by atomic mass is 35.5. The van der Waals surface area contributed by atoms with Gasteiger partial charge in [-0.25, -0.2) is 4.98 Å². The summed E-state index contributed by atoms with van der Waals surface area (Å²) in [7, 11) is 0. The fourth-order valence-electron chi connectivity index (χ4n) is 2.61. The first kappa shape index (κ1) is 16.4. The van der Waals surface area contributed by atoms with Gasteiger partial charge in [-0.1, -0.05) is 11.6 Å². The van der Waals surface area contributed by atoms with Crippen molar-refractivity contribution in [2.45, 2.75) is 19.0 Å². The summed E-state index contributed by atoms with van der Waals surface area (Å²) in [5.74, 6) is -2.51. The van der Waals surface area contributed by atoms with E-state index < -0.39 is 42.4 Å². The summed E-state index contributed by atoms with van der Waals surface area (Å²) in [6.07, 6.45) is -4.85. The molecule has 28 heavy (non-hydrogen) atoms. The van der Waals surface area contributed by atoms with Gasteiger partial charge in [-0.3, -0.25) is 9.59 Å². The largest absolute Gasteiger partial charge is 0.416 e. The minimum Gasteiger partial charge on any atom is -0.339 e. The summed E-state index contributed by atoms with van der Waals surface area (Å²) in [5.41, 5.74) is -0.748. The number of rotatable bonds is 3. The van der Waals surface area contributed by atoms with Crippen LogP contribution >= 0.6 is 11.6 Å². The number of likely N-dealkylation sites (tertiary alicyclic amines) is 1. The van der Waals surface area contributed by atoms with Crippen LogP contribution in [0, 0.1) is 5.92 Å². The van der Waals surface area contributed by atoms with E-state index in [1.807, 2.05) is 0 Å². The van der Waals surface area contributed by atoms with E-state index in [0.29, 0.717) is 5.69 Å². The highest BCUT2D eigenvalue weighted by molar-refractivity contribution is 6.29. The van der Waals surface area contributed by atoms with Crippen LogP contribution in [-0.4, -0.2) is 34.7 Å². The van der Waals surface area contributed by atoms with Crippen molar-refractivity contribution >= 4 is 29.1 Å². The minimum atomic E-state index is -4.56. The Balaban J connectivity index is 1.73. The van der Waals surface area contributed by atoms with Gasteiger partial charge in [-0.05, 0) is 49.2 Å². The molecule has 1 aromatic carbocycles. The topological polar surface area (TPSA) is 62.3 Å². The molecule has 1 aliphatic rings. The van der Waals surface area contributed by atoms with Crippen LogP contribution in [0.2, 0.25) is 5.15 Å². The first-order valence-corrected chi connectivity index (χ1v) is 8.63. The summed E-state index contributed by atoms with van der Waals surface area (Å²) in [6.45, 7) is -2.70. The monoisotopic (exact) mass is 414 g/mol. The van der Waals surface area contributed by atoms with Crippen molar-refractivity contribution in [2.75, 3.05) is 18.4 Å². The maximum absolute atomic E-state index is 12.7. The van der Waals surface area contributed by atoms with E-state index >= 15 is 0 Å². The third-order valence-corrected chi connectivity index (χ3v) is 4.35. The van der Waals surface area contributed by atoms with Gasteiger partial charge in [0.2, 0.25) is 5.91 Å². The van der Waals surface area contributed by atoms with Gasteiger partial charge >= 0.3 is 6.18 Å². The number of amides is 2. The summed E-state index contributed by atoms with van der Waals surface area (Å²) in [5, 5.41) is 2.77. The molecule has 2 atom stereocenters.